The summed E-state index contributed by atoms with van der Waals surface area (Å²) in [7, 11) is -2.61. The van der Waals surface area contributed by atoms with Gasteiger partial charge in [-0.15, -0.1) is 0 Å². The molecule has 10 nitrogen and oxygen atoms in total. The van der Waals surface area contributed by atoms with Gasteiger partial charge in [0, 0.05) is 68.5 Å². The lowest BCUT2D eigenvalue weighted by atomic mass is 10.0. The number of halogens is 4. The molecule has 2 saturated heterocycles. The van der Waals surface area contributed by atoms with Gasteiger partial charge >= 0.3 is 6.18 Å². The van der Waals surface area contributed by atoms with Gasteiger partial charge < -0.3 is 30.7 Å². The van der Waals surface area contributed by atoms with Gasteiger partial charge in [0.25, 0.3) is 0 Å². The molecule has 0 bridgehead atoms. The number of hydrogen-bond acceptors (Lipinski definition) is 9. The van der Waals surface area contributed by atoms with E-state index in [9.17, 15) is 22.5 Å². The molecule has 0 unspecified atom stereocenters. The Bertz CT molecular complexity index is 1620. The van der Waals surface area contributed by atoms with Gasteiger partial charge in [-0.25, -0.2) is 4.98 Å². The van der Waals surface area contributed by atoms with Crippen molar-refractivity contribution in [3.05, 3.63) is 65.8 Å². The van der Waals surface area contributed by atoms with Crippen molar-refractivity contribution in [1.29, 1.82) is 0 Å². The molecule has 0 atom stereocenters. The Hall–Kier alpha value is -3.64. The van der Waals surface area contributed by atoms with Gasteiger partial charge in [0.1, 0.15) is 12.2 Å². The molecule has 0 aliphatic carbocycles. The van der Waals surface area contributed by atoms with Crippen LogP contribution >= 0.6 is 18.7 Å². The number of nitrogens with zero attached hydrogens (tertiary/aromatic N) is 4. The predicted molar refractivity (Wildman–Crippen MR) is 179 cm³/mol. The first kappa shape index (κ1) is 33.7. The normalized spacial score (nSPS) is 16.9. The molecule has 246 valence electrons. The number of alkyl halides is 3. The highest BCUT2D eigenvalue weighted by Gasteiger charge is 2.27. The molecule has 3 heterocycles. The molecule has 0 spiro atoms. The number of piperidine rings is 1. The third-order valence-corrected chi connectivity index (χ3v) is 9.72. The van der Waals surface area contributed by atoms with Crippen LogP contribution < -0.4 is 31.5 Å². The standard InChI is InChI=1S/C31H37ClF3N8O2P/c1-46(2,45)27-6-4-3-5-24(27)40-29-23(32)20-37-30(41-29)38-21-7-8-26(25(19-21)39-28(44)9-12-31(33,34)35)43-15-10-22(11-16-43)42-17-13-36-14-18-42/h3-9,12,19-20,22,36H,10-11,13-18H2,1-2H3,(H,39,44)(H2,37,38,40,41)/b12-9+. The summed E-state index contributed by atoms with van der Waals surface area (Å²) in [5.74, 6) is -0.433. The van der Waals surface area contributed by atoms with E-state index in [0.717, 1.165) is 52.1 Å². The second-order valence-corrected chi connectivity index (χ2v) is 15.2. The minimum absolute atomic E-state index is 0.0900. The first-order valence-electron chi connectivity index (χ1n) is 15.0. The quantitative estimate of drug-likeness (QED) is 0.165. The highest BCUT2D eigenvalue weighted by molar-refractivity contribution is 7.70. The zero-order valence-corrected chi connectivity index (χ0v) is 27.2. The van der Waals surface area contributed by atoms with Crippen LogP contribution in [-0.4, -0.2) is 85.6 Å². The lowest BCUT2D eigenvalue weighted by Crippen LogP contribution is -2.52. The van der Waals surface area contributed by atoms with Crippen LogP contribution in [0.15, 0.2) is 60.8 Å². The maximum Gasteiger partial charge on any atom is 0.409 e. The Labute approximate surface area is 271 Å². The summed E-state index contributed by atoms with van der Waals surface area (Å²) in [5, 5.41) is 13.1. The average molecular weight is 677 g/mol. The van der Waals surface area contributed by atoms with E-state index < -0.39 is 19.2 Å². The molecule has 2 aliphatic heterocycles. The van der Waals surface area contributed by atoms with E-state index in [1.54, 1.807) is 37.6 Å². The van der Waals surface area contributed by atoms with E-state index in [1.165, 1.54) is 6.20 Å². The van der Waals surface area contributed by atoms with Crippen LogP contribution in [0, 0.1) is 0 Å². The van der Waals surface area contributed by atoms with Crippen LogP contribution in [0.25, 0.3) is 0 Å². The fourth-order valence-corrected chi connectivity index (χ4v) is 6.97. The number of carbonyl (C=O) groups is 1. The summed E-state index contributed by atoms with van der Waals surface area (Å²) in [5.41, 5.74) is 2.15. The van der Waals surface area contributed by atoms with Gasteiger partial charge in [-0.1, -0.05) is 23.7 Å². The summed E-state index contributed by atoms with van der Waals surface area (Å²) < 4.78 is 51.1. The molecule has 1 amide bonds. The van der Waals surface area contributed by atoms with Crippen molar-refractivity contribution < 1.29 is 22.5 Å². The number of para-hydroxylation sites is 1. The van der Waals surface area contributed by atoms with Crippen molar-refractivity contribution in [2.75, 3.05) is 73.4 Å². The van der Waals surface area contributed by atoms with Crippen LogP contribution in [0.2, 0.25) is 5.02 Å². The van der Waals surface area contributed by atoms with Crippen LogP contribution in [0.5, 0.6) is 0 Å². The van der Waals surface area contributed by atoms with E-state index >= 15 is 0 Å². The van der Waals surface area contributed by atoms with Crippen molar-refractivity contribution in [2.24, 2.45) is 0 Å². The third kappa shape index (κ3) is 9.00. The van der Waals surface area contributed by atoms with Crippen LogP contribution in [-0.2, 0) is 9.36 Å². The summed E-state index contributed by atoms with van der Waals surface area (Å²) in [6.45, 7) is 8.78. The minimum Gasteiger partial charge on any atom is -0.370 e. The van der Waals surface area contributed by atoms with Gasteiger partial charge in [0.05, 0.1) is 23.3 Å². The molecule has 46 heavy (non-hydrogen) atoms. The summed E-state index contributed by atoms with van der Waals surface area (Å²) in [6, 6.07) is 12.9. The fraction of sp³-hybridized carbons (Fsp3) is 0.387. The van der Waals surface area contributed by atoms with Crippen molar-refractivity contribution in [2.45, 2.75) is 25.1 Å². The van der Waals surface area contributed by atoms with Crippen molar-refractivity contribution in [1.82, 2.24) is 20.2 Å². The average Bonchev–Trinajstić information content (AvgIpc) is 3.02. The zero-order valence-electron chi connectivity index (χ0n) is 25.6. The number of allylic oxidation sites excluding steroid dienone is 1. The van der Waals surface area contributed by atoms with Gasteiger partial charge in [-0.3, -0.25) is 9.69 Å². The second-order valence-electron chi connectivity index (χ2n) is 11.6. The van der Waals surface area contributed by atoms with Crippen molar-refractivity contribution >= 4 is 64.5 Å². The maximum atomic E-state index is 12.8. The van der Waals surface area contributed by atoms with Crippen molar-refractivity contribution in [3.8, 4) is 0 Å². The molecule has 2 fully saturated rings. The maximum absolute atomic E-state index is 12.8. The zero-order chi connectivity index (χ0) is 32.9. The number of nitrogens with one attached hydrogen (secondary N) is 4. The molecule has 15 heteroatoms. The Morgan fingerprint density at radius 3 is 2.46 bits per heavy atom. The first-order valence-corrected chi connectivity index (χ1v) is 18.0. The SMILES string of the molecule is CP(C)(=O)c1ccccc1Nc1nc(Nc2ccc(N3CCC(N4CCNCC4)CC3)c(NC(=O)/C=C/C(F)(F)F)c2)ncc1Cl. The van der Waals surface area contributed by atoms with Crippen LogP contribution in [0.1, 0.15) is 12.8 Å². The highest BCUT2D eigenvalue weighted by Crippen LogP contribution is 2.39. The highest BCUT2D eigenvalue weighted by atomic mass is 35.5. The Balaban J connectivity index is 1.37. The molecule has 1 aromatic heterocycles. The van der Waals surface area contributed by atoms with E-state index in [1.807, 2.05) is 18.2 Å². The molecular formula is C31H37ClF3N8O2P. The van der Waals surface area contributed by atoms with Crippen LogP contribution in [0.4, 0.5) is 47.7 Å². The molecule has 5 rings (SSSR count). The molecule has 4 N–H and O–H groups in total. The van der Waals surface area contributed by atoms with Gasteiger partial charge in [-0.2, -0.15) is 18.2 Å². The number of benzene rings is 2. The summed E-state index contributed by atoms with van der Waals surface area (Å²) in [6.07, 6.45) is -0.939. The smallest absolute Gasteiger partial charge is 0.370 e. The number of piperazine rings is 1. The lowest BCUT2D eigenvalue weighted by molar-refractivity contribution is -0.112. The topological polar surface area (TPSA) is 115 Å². The number of aromatic nitrogens is 2. The Kier molecular flexibility index (Phi) is 10.6. The molecule has 0 radical (unpaired) electrons. The summed E-state index contributed by atoms with van der Waals surface area (Å²) >= 11 is 6.40. The van der Waals surface area contributed by atoms with Gasteiger partial charge in [0.2, 0.25) is 11.9 Å². The largest absolute Gasteiger partial charge is 0.409 e. The number of amides is 1. The Morgan fingerprint density at radius 1 is 1.04 bits per heavy atom. The van der Waals surface area contributed by atoms with E-state index in [0.29, 0.717) is 40.2 Å². The number of anilines is 6. The number of carbonyl (C=O) groups excluding carboxylic acids is 1. The van der Waals surface area contributed by atoms with E-state index in [-0.39, 0.29) is 22.9 Å². The van der Waals surface area contributed by atoms with E-state index in [2.05, 4.69) is 41.0 Å². The molecular weight excluding hydrogens is 640 g/mol. The molecule has 0 saturated carbocycles. The van der Waals surface area contributed by atoms with Gasteiger partial charge in [0.15, 0.2) is 5.82 Å². The fourth-order valence-electron chi connectivity index (χ4n) is 5.67. The lowest BCUT2D eigenvalue weighted by Gasteiger charge is -2.41. The van der Waals surface area contributed by atoms with Gasteiger partial charge in [-0.05, 0) is 56.5 Å². The molecule has 2 aliphatic rings. The van der Waals surface area contributed by atoms with E-state index in [4.69, 9.17) is 11.6 Å². The monoisotopic (exact) mass is 676 g/mol. The molecule has 2 aromatic carbocycles. The molecule has 3 aromatic rings. The summed E-state index contributed by atoms with van der Waals surface area (Å²) in [4.78, 5) is 26.0. The first-order chi connectivity index (χ1) is 21.9. The van der Waals surface area contributed by atoms with Crippen LogP contribution in [0.3, 0.4) is 0 Å². The number of rotatable bonds is 9. The predicted octanol–water partition coefficient (Wildman–Crippen LogP) is 5.80. The number of hydrogen-bond donors (Lipinski definition) is 4. The van der Waals surface area contributed by atoms with Crippen molar-refractivity contribution in [3.63, 3.8) is 0 Å². The minimum atomic E-state index is -4.61. The Morgan fingerprint density at radius 2 is 1.76 bits per heavy atom. The third-order valence-electron chi connectivity index (χ3n) is 7.89. The second kappa shape index (κ2) is 14.4.